The number of halogens is 3. The molecule has 1 N–H and O–H groups in total. The van der Waals surface area contributed by atoms with Crippen LogP contribution in [0, 0.1) is 5.82 Å². The Labute approximate surface area is 187 Å². The van der Waals surface area contributed by atoms with Crippen LogP contribution in [0.25, 0.3) is 0 Å². The van der Waals surface area contributed by atoms with Crippen LogP contribution >= 0.6 is 23.2 Å². The van der Waals surface area contributed by atoms with Gasteiger partial charge in [0.15, 0.2) is 18.2 Å². The summed E-state index contributed by atoms with van der Waals surface area (Å²) in [5.41, 5.74) is 1.19. The number of carbonyl (C=O) groups excluding carboxylic acids is 1. The molecule has 0 spiro atoms. The number of benzene rings is 2. The Morgan fingerprint density at radius 1 is 1.03 bits per heavy atom. The van der Waals surface area contributed by atoms with Crippen molar-refractivity contribution >= 4 is 34.9 Å². The third kappa shape index (κ3) is 5.42. The molecule has 7 nitrogen and oxygen atoms in total. The predicted octanol–water partition coefficient (Wildman–Crippen LogP) is 4.86. The first-order valence-electron chi connectivity index (χ1n) is 9.17. The summed E-state index contributed by atoms with van der Waals surface area (Å²) in [6.07, 6.45) is 3.36. The highest BCUT2D eigenvalue weighted by molar-refractivity contribution is 6.31. The van der Waals surface area contributed by atoms with Crippen LogP contribution in [0.15, 0.2) is 67.0 Å². The minimum absolute atomic E-state index is 0.0313. The van der Waals surface area contributed by atoms with Crippen LogP contribution in [-0.2, 0) is 13.3 Å². The minimum Gasteiger partial charge on any atom is -0.471 e. The summed E-state index contributed by atoms with van der Waals surface area (Å²) in [5.74, 6) is -0.143. The third-order valence-corrected chi connectivity index (χ3v) is 4.77. The van der Waals surface area contributed by atoms with Gasteiger partial charge in [-0.25, -0.2) is 9.07 Å². The maximum atomic E-state index is 13.2. The quantitative estimate of drug-likeness (QED) is 0.428. The van der Waals surface area contributed by atoms with Crippen LogP contribution in [0.3, 0.4) is 0 Å². The molecule has 0 bridgehead atoms. The van der Waals surface area contributed by atoms with Crippen LogP contribution in [0.4, 0.5) is 10.2 Å². The second-order valence-corrected chi connectivity index (χ2v) is 7.42. The molecule has 0 unspecified atom stereocenters. The van der Waals surface area contributed by atoms with Crippen molar-refractivity contribution in [2.45, 2.75) is 13.3 Å². The fourth-order valence-corrected chi connectivity index (χ4v) is 3.16. The molecule has 2 aromatic heterocycles. The van der Waals surface area contributed by atoms with Gasteiger partial charge in [0.1, 0.15) is 11.6 Å². The molecule has 2 aromatic carbocycles. The molecule has 2 heterocycles. The van der Waals surface area contributed by atoms with Crippen LogP contribution in [0.2, 0.25) is 10.0 Å². The van der Waals surface area contributed by atoms with Gasteiger partial charge in [0.05, 0.1) is 11.6 Å². The Bertz CT molecular complexity index is 1220. The molecule has 0 atom stereocenters. The lowest BCUT2D eigenvalue weighted by molar-refractivity contribution is 0.101. The number of nitrogens with one attached hydrogen (secondary N) is 1. The zero-order valence-corrected chi connectivity index (χ0v) is 17.5. The molecule has 10 heteroatoms. The van der Waals surface area contributed by atoms with E-state index in [2.05, 4.69) is 15.5 Å². The average Bonchev–Trinajstić information content (AvgIpc) is 3.38. The highest BCUT2D eigenvalue weighted by Gasteiger charge is 2.12. The molecule has 4 rings (SSSR count). The van der Waals surface area contributed by atoms with Crippen molar-refractivity contribution in [1.82, 2.24) is 19.6 Å². The molecule has 158 valence electrons. The normalized spacial score (nSPS) is 10.8. The standard InChI is InChI=1S/C21H16Cl2FN5O2/c22-15-3-1-2-14(10-15)12-28-9-7-20(27-28)25-21(30)19-6-8-29(26-19)13-31-16-4-5-18(24)17(23)11-16/h1-11H,12-13H2,(H,25,27,30). The Balaban J connectivity index is 1.33. The second-order valence-electron chi connectivity index (χ2n) is 6.57. The molecule has 0 aliphatic carbocycles. The molecule has 0 aliphatic heterocycles. The number of anilines is 1. The molecule has 0 radical (unpaired) electrons. The number of hydrogen-bond acceptors (Lipinski definition) is 4. The summed E-state index contributed by atoms with van der Waals surface area (Å²) in [7, 11) is 0. The van der Waals surface area contributed by atoms with E-state index in [0.29, 0.717) is 23.1 Å². The number of rotatable bonds is 7. The average molecular weight is 460 g/mol. The highest BCUT2D eigenvalue weighted by atomic mass is 35.5. The summed E-state index contributed by atoms with van der Waals surface area (Å²) >= 11 is 11.7. The summed E-state index contributed by atoms with van der Waals surface area (Å²) in [6.45, 7) is 0.555. The van der Waals surface area contributed by atoms with Crippen molar-refractivity contribution in [3.8, 4) is 5.75 Å². The van der Waals surface area contributed by atoms with Gasteiger partial charge in [-0.15, -0.1) is 0 Å². The fraction of sp³-hybridized carbons (Fsp3) is 0.0952. The Hall–Kier alpha value is -3.36. The number of ether oxygens (including phenoxy) is 1. The molecule has 0 fully saturated rings. The van der Waals surface area contributed by atoms with Gasteiger partial charge in [-0.05, 0) is 35.9 Å². The lowest BCUT2D eigenvalue weighted by Gasteiger charge is -2.06. The van der Waals surface area contributed by atoms with Gasteiger partial charge >= 0.3 is 0 Å². The van der Waals surface area contributed by atoms with Crippen LogP contribution in [-0.4, -0.2) is 25.5 Å². The van der Waals surface area contributed by atoms with Gasteiger partial charge in [0.2, 0.25) is 0 Å². The summed E-state index contributed by atoms with van der Waals surface area (Å²) < 4.78 is 21.8. The van der Waals surface area contributed by atoms with Gasteiger partial charge in [-0.3, -0.25) is 9.48 Å². The van der Waals surface area contributed by atoms with E-state index >= 15 is 0 Å². The molecule has 1 amide bonds. The Morgan fingerprint density at radius 3 is 2.68 bits per heavy atom. The molecule has 0 saturated heterocycles. The molecule has 0 saturated carbocycles. The Kier molecular flexibility index (Phi) is 6.20. The first kappa shape index (κ1) is 20.9. The van der Waals surface area contributed by atoms with Crippen LogP contribution in [0.1, 0.15) is 16.1 Å². The number of aromatic nitrogens is 4. The monoisotopic (exact) mass is 459 g/mol. The fourth-order valence-electron chi connectivity index (χ4n) is 2.78. The molecular formula is C21H16Cl2FN5O2. The van der Waals surface area contributed by atoms with E-state index in [0.717, 1.165) is 5.56 Å². The first-order chi connectivity index (χ1) is 15.0. The van der Waals surface area contributed by atoms with Gasteiger partial charge in [-0.1, -0.05) is 35.3 Å². The van der Waals surface area contributed by atoms with E-state index in [-0.39, 0.29) is 17.4 Å². The van der Waals surface area contributed by atoms with Crippen molar-refractivity contribution in [1.29, 1.82) is 0 Å². The van der Waals surface area contributed by atoms with E-state index in [4.69, 9.17) is 27.9 Å². The molecule has 0 aliphatic rings. The van der Waals surface area contributed by atoms with Crippen molar-refractivity contribution in [3.05, 3.63) is 94.1 Å². The van der Waals surface area contributed by atoms with Crippen molar-refractivity contribution in [3.63, 3.8) is 0 Å². The number of nitrogens with zero attached hydrogens (tertiary/aromatic N) is 4. The number of amides is 1. The van der Waals surface area contributed by atoms with E-state index < -0.39 is 11.7 Å². The molecular weight excluding hydrogens is 444 g/mol. The zero-order valence-electron chi connectivity index (χ0n) is 16.0. The maximum Gasteiger partial charge on any atom is 0.277 e. The summed E-state index contributed by atoms with van der Waals surface area (Å²) in [6, 6.07) is 14.8. The van der Waals surface area contributed by atoms with E-state index in [1.165, 1.54) is 22.9 Å². The topological polar surface area (TPSA) is 74.0 Å². The van der Waals surface area contributed by atoms with Crippen LogP contribution in [0.5, 0.6) is 5.75 Å². The molecule has 31 heavy (non-hydrogen) atoms. The Morgan fingerprint density at radius 2 is 1.87 bits per heavy atom. The largest absolute Gasteiger partial charge is 0.471 e. The van der Waals surface area contributed by atoms with E-state index in [1.54, 1.807) is 35.3 Å². The lowest BCUT2D eigenvalue weighted by Crippen LogP contribution is -2.15. The van der Waals surface area contributed by atoms with Gasteiger partial charge in [0.25, 0.3) is 5.91 Å². The summed E-state index contributed by atoms with van der Waals surface area (Å²) in [4.78, 5) is 12.4. The van der Waals surface area contributed by atoms with Gasteiger partial charge in [-0.2, -0.15) is 10.2 Å². The van der Waals surface area contributed by atoms with E-state index in [1.807, 2.05) is 18.2 Å². The van der Waals surface area contributed by atoms with E-state index in [9.17, 15) is 9.18 Å². The first-order valence-corrected chi connectivity index (χ1v) is 9.92. The van der Waals surface area contributed by atoms with Gasteiger partial charge < -0.3 is 10.1 Å². The smallest absolute Gasteiger partial charge is 0.277 e. The highest BCUT2D eigenvalue weighted by Crippen LogP contribution is 2.21. The predicted molar refractivity (Wildman–Crippen MR) is 115 cm³/mol. The second kappa shape index (κ2) is 9.20. The van der Waals surface area contributed by atoms with Gasteiger partial charge in [0, 0.05) is 29.5 Å². The van der Waals surface area contributed by atoms with Crippen LogP contribution < -0.4 is 10.1 Å². The third-order valence-electron chi connectivity index (χ3n) is 4.24. The zero-order chi connectivity index (χ0) is 21.8. The number of carbonyl (C=O) groups is 1. The lowest BCUT2D eigenvalue weighted by atomic mass is 10.2. The minimum atomic E-state index is -0.526. The number of hydrogen-bond donors (Lipinski definition) is 1. The molecule has 4 aromatic rings. The van der Waals surface area contributed by atoms with Crippen molar-refractivity contribution < 1.29 is 13.9 Å². The maximum absolute atomic E-state index is 13.2. The van der Waals surface area contributed by atoms with Crippen molar-refractivity contribution in [2.75, 3.05) is 5.32 Å². The van der Waals surface area contributed by atoms with Crippen molar-refractivity contribution in [2.24, 2.45) is 0 Å². The summed E-state index contributed by atoms with van der Waals surface area (Å²) in [5, 5.41) is 11.8. The SMILES string of the molecule is O=C(Nc1ccn(Cc2cccc(Cl)c2)n1)c1ccn(COc2ccc(F)c(Cl)c2)n1.